The number of carbonyl (C=O) groups excluding carboxylic acids is 1. The highest BCUT2D eigenvalue weighted by Crippen LogP contribution is 2.39. The summed E-state index contributed by atoms with van der Waals surface area (Å²) in [6, 6.07) is 6.73. The van der Waals surface area contributed by atoms with Crippen LogP contribution in [-0.4, -0.2) is 37.9 Å². The number of aromatic nitrogens is 4. The smallest absolute Gasteiger partial charge is 0.240 e. The first-order chi connectivity index (χ1) is 10.7. The van der Waals surface area contributed by atoms with Crippen molar-refractivity contribution < 1.29 is 9.18 Å². The van der Waals surface area contributed by atoms with E-state index >= 15 is 0 Å². The summed E-state index contributed by atoms with van der Waals surface area (Å²) in [6.07, 6.45) is 2.83. The summed E-state index contributed by atoms with van der Waals surface area (Å²) in [7, 11) is 0. The number of para-hydroxylation sites is 1. The third-order valence-electron chi connectivity index (χ3n) is 3.90. The lowest BCUT2D eigenvalue weighted by molar-refractivity contribution is -0.116. The molecule has 1 aliphatic heterocycles. The van der Waals surface area contributed by atoms with Crippen LogP contribution in [0.2, 0.25) is 0 Å². The zero-order chi connectivity index (χ0) is 15.1. The van der Waals surface area contributed by atoms with Crippen LogP contribution in [0, 0.1) is 5.82 Å². The van der Waals surface area contributed by atoms with Gasteiger partial charge >= 0.3 is 0 Å². The van der Waals surface area contributed by atoms with Gasteiger partial charge < -0.3 is 4.90 Å². The van der Waals surface area contributed by atoms with Crippen molar-refractivity contribution in [2.24, 2.45) is 0 Å². The molecule has 0 N–H and O–H groups in total. The van der Waals surface area contributed by atoms with Crippen LogP contribution in [0.1, 0.15) is 25.3 Å². The van der Waals surface area contributed by atoms with Gasteiger partial charge in [0.1, 0.15) is 5.82 Å². The molecule has 1 saturated heterocycles. The second kappa shape index (κ2) is 5.35. The Morgan fingerprint density at radius 3 is 2.82 bits per heavy atom. The van der Waals surface area contributed by atoms with Gasteiger partial charge in [-0.3, -0.25) is 4.79 Å². The van der Waals surface area contributed by atoms with Crippen LogP contribution in [0.5, 0.6) is 0 Å². The van der Waals surface area contributed by atoms with E-state index in [-0.39, 0.29) is 17.0 Å². The van der Waals surface area contributed by atoms with E-state index in [2.05, 4.69) is 15.5 Å². The zero-order valence-electron chi connectivity index (χ0n) is 11.7. The van der Waals surface area contributed by atoms with Crippen molar-refractivity contribution in [3.05, 3.63) is 30.1 Å². The van der Waals surface area contributed by atoms with Crippen LogP contribution in [0.4, 0.5) is 10.1 Å². The average molecular weight is 319 g/mol. The summed E-state index contributed by atoms with van der Waals surface area (Å²) >= 11 is 1.38. The maximum absolute atomic E-state index is 13.9. The minimum atomic E-state index is -0.371. The highest BCUT2D eigenvalue weighted by atomic mass is 32.2. The predicted molar refractivity (Wildman–Crippen MR) is 79.1 cm³/mol. The number of hydrogen-bond donors (Lipinski definition) is 0. The van der Waals surface area contributed by atoms with Crippen LogP contribution in [-0.2, 0) is 4.79 Å². The van der Waals surface area contributed by atoms with Gasteiger partial charge in [-0.1, -0.05) is 23.9 Å². The number of anilines is 1. The molecule has 1 atom stereocenters. The molecular weight excluding hydrogens is 305 g/mol. The molecule has 114 valence electrons. The summed E-state index contributed by atoms with van der Waals surface area (Å²) in [6.45, 7) is 0.516. The van der Waals surface area contributed by atoms with Crippen LogP contribution in [0.3, 0.4) is 0 Å². The molecule has 1 saturated carbocycles. The molecule has 6 nitrogen and oxygen atoms in total. The molecule has 1 aromatic carbocycles. The van der Waals surface area contributed by atoms with Gasteiger partial charge in [0.2, 0.25) is 11.1 Å². The summed E-state index contributed by atoms with van der Waals surface area (Å²) in [5.41, 5.74) is 0.345. The number of amides is 1. The lowest BCUT2D eigenvalue weighted by Crippen LogP contribution is -2.28. The molecule has 2 aliphatic rings. The molecule has 8 heteroatoms. The first kappa shape index (κ1) is 13.7. The summed E-state index contributed by atoms with van der Waals surface area (Å²) in [5, 5.41) is 12.1. The lowest BCUT2D eigenvalue weighted by atomic mass is 10.3. The number of thioether (sulfide) groups is 1. The van der Waals surface area contributed by atoms with E-state index in [4.69, 9.17) is 0 Å². The number of halogens is 1. The van der Waals surface area contributed by atoms with E-state index in [0.29, 0.717) is 29.9 Å². The van der Waals surface area contributed by atoms with Gasteiger partial charge in [-0.25, -0.2) is 9.07 Å². The quantitative estimate of drug-likeness (QED) is 0.863. The van der Waals surface area contributed by atoms with E-state index in [9.17, 15) is 9.18 Å². The first-order valence-electron chi connectivity index (χ1n) is 7.24. The van der Waals surface area contributed by atoms with Crippen molar-refractivity contribution in [2.75, 3.05) is 11.4 Å². The van der Waals surface area contributed by atoms with E-state index in [1.807, 2.05) is 0 Å². The highest BCUT2D eigenvalue weighted by molar-refractivity contribution is 8.00. The largest absolute Gasteiger partial charge is 0.309 e. The van der Waals surface area contributed by atoms with Gasteiger partial charge in [-0.05, 0) is 41.8 Å². The van der Waals surface area contributed by atoms with Crippen LogP contribution >= 0.6 is 11.8 Å². The Hall–Kier alpha value is -1.96. The van der Waals surface area contributed by atoms with Gasteiger partial charge in [-0.2, -0.15) is 0 Å². The average Bonchev–Trinajstić information content (AvgIpc) is 3.16. The van der Waals surface area contributed by atoms with Crippen molar-refractivity contribution >= 4 is 23.4 Å². The zero-order valence-corrected chi connectivity index (χ0v) is 12.5. The monoisotopic (exact) mass is 319 g/mol. The maximum Gasteiger partial charge on any atom is 0.240 e. The number of hydrogen-bond acceptors (Lipinski definition) is 5. The molecule has 2 fully saturated rings. The SMILES string of the molecule is O=C1[C@@H](Sc2nnnn2C2CC2)CCN1c1ccccc1F. The van der Waals surface area contributed by atoms with E-state index < -0.39 is 0 Å². The van der Waals surface area contributed by atoms with Crippen molar-refractivity contribution in [1.82, 2.24) is 20.2 Å². The molecule has 2 aromatic rings. The Labute approximate surface area is 130 Å². The molecule has 0 spiro atoms. The van der Waals surface area contributed by atoms with Crippen LogP contribution in [0.25, 0.3) is 0 Å². The number of benzene rings is 1. The molecule has 2 heterocycles. The van der Waals surface area contributed by atoms with Gasteiger partial charge in [0.15, 0.2) is 0 Å². The van der Waals surface area contributed by atoms with Crippen molar-refractivity contribution in [3.63, 3.8) is 0 Å². The molecule has 22 heavy (non-hydrogen) atoms. The maximum atomic E-state index is 13.9. The molecule has 1 aromatic heterocycles. The van der Waals surface area contributed by atoms with Crippen molar-refractivity contribution in [1.29, 1.82) is 0 Å². The van der Waals surface area contributed by atoms with Crippen molar-refractivity contribution in [2.45, 2.75) is 35.7 Å². The third kappa shape index (κ3) is 2.37. The lowest BCUT2D eigenvalue weighted by Gasteiger charge is -2.17. The van der Waals surface area contributed by atoms with Gasteiger partial charge in [0, 0.05) is 6.54 Å². The molecule has 0 radical (unpaired) electrons. The third-order valence-corrected chi connectivity index (χ3v) is 5.10. The van der Waals surface area contributed by atoms with E-state index in [1.165, 1.54) is 22.7 Å². The van der Waals surface area contributed by atoms with Crippen LogP contribution < -0.4 is 4.90 Å². The summed E-state index contributed by atoms with van der Waals surface area (Å²) < 4.78 is 15.7. The molecular formula is C14H14FN5OS. The predicted octanol–water partition coefficient (Wildman–Crippen LogP) is 2.04. The summed E-state index contributed by atoms with van der Waals surface area (Å²) in [5.74, 6) is -0.454. The minimum Gasteiger partial charge on any atom is -0.309 e. The number of rotatable bonds is 4. The second-order valence-corrected chi connectivity index (χ2v) is 6.64. The van der Waals surface area contributed by atoms with Gasteiger partial charge in [0.25, 0.3) is 0 Å². The molecule has 4 rings (SSSR count). The Balaban J connectivity index is 1.52. The second-order valence-electron chi connectivity index (χ2n) is 5.47. The Kier molecular flexibility index (Phi) is 3.33. The number of tetrazole rings is 1. The van der Waals surface area contributed by atoms with Gasteiger partial charge in [-0.15, -0.1) is 5.10 Å². The fourth-order valence-corrected chi connectivity index (χ4v) is 3.69. The topological polar surface area (TPSA) is 63.9 Å². The molecule has 1 aliphatic carbocycles. The number of nitrogens with zero attached hydrogens (tertiary/aromatic N) is 5. The minimum absolute atomic E-state index is 0.0829. The van der Waals surface area contributed by atoms with E-state index in [0.717, 1.165) is 12.8 Å². The standard InChI is InChI=1S/C14H14FN5OS/c15-10-3-1-2-4-11(10)19-8-7-12(13(19)21)22-14-16-17-18-20(14)9-5-6-9/h1-4,9,12H,5-8H2/t12-/m0/s1. The fraction of sp³-hybridized carbons (Fsp3) is 0.429. The Bertz CT molecular complexity index is 717. The fourth-order valence-electron chi connectivity index (χ4n) is 2.61. The van der Waals surface area contributed by atoms with Crippen molar-refractivity contribution in [3.8, 4) is 0 Å². The Morgan fingerprint density at radius 2 is 2.05 bits per heavy atom. The number of carbonyl (C=O) groups is 1. The first-order valence-corrected chi connectivity index (χ1v) is 8.12. The summed E-state index contributed by atoms with van der Waals surface area (Å²) in [4.78, 5) is 14.1. The molecule has 0 bridgehead atoms. The molecule has 1 amide bonds. The highest BCUT2D eigenvalue weighted by Gasteiger charge is 2.37. The van der Waals surface area contributed by atoms with E-state index in [1.54, 1.807) is 22.9 Å². The molecule has 0 unspecified atom stereocenters. The van der Waals surface area contributed by atoms with Crippen LogP contribution in [0.15, 0.2) is 29.4 Å². The van der Waals surface area contributed by atoms with Gasteiger partial charge in [0.05, 0.1) is 17.0 Å². The normalized spacial score (nSPS) is 21.6. The Morgan fingerprint density at radius 1 is 1.23 bits per heavy atom.